The van der Waals surface area contributed by atoms with Gasteiger partial charge in [-0.05, 0) is 43.0 Å². The third-order valence-corrected chi connectivity index (χ3v) is 7.79. The van der Waals surface area contributed by atoms with Crippen LogP contribution in [-0.4, -0.2) is 22.1 Å². The quantitative estimate of drug-likeness (QED) is 0.474. The van der Waals surface area contributed by atoms with Crippen LogP contribution in [0.5, 0.6) is 0 Å². The Hall–Kier alpha value is -0.590. The number of nitrogens with one attached hydrogen (secondary N) is 2. The van der Waals surface area contributed by atoms with Crippen LogP contribution in [0.2, 0.25) is 0 Å². The summed E-state index contributed by atoms with van der Waals surface area (Å²) in [6.45, 7) is 2.95. The summed E-state index contributed by atoms with van der Waals surface area (Å²) in [6.07, 6.45) is 0.886. The molecule has 124 valence electrons. The van der Waals surface area contributed by atoms with Gasteiger partial charge in [-0.15, -0.1) is 0 Å². The van der Waals surface area contributed by atoms with E-state index in [1.165, 1.54) is 11.4 Å². The number of para-hydroxylation sites is 1. The monoisotopic (exact) mass is 362 g/mol. The maximum atomic E-state index is 12.8. The second kappa shape index (κ2) is 9.53. The molecule has 0 amide bonds. The Balaban J connectivity index is 2.77. The van der Waals surface area contributed by atoms with Crippen LogP contribution in [0.4, 0.5) is 5.69 Å². The second-order valence-corrected chi connectivity index (χ2v) is 9.60. The minimum atomic E-state index is -3.11. The molecule has 1 aromatic carbocycles. The zero-order valence-corrected chi connectivity index (χ0v) is 15.6. The Morgan fingerprint density at radius 2 is 2.14 bits per heavy atom. The number of rotatable bonds is 8. The predicted octanol–water partition coefficient (Wildman–Crippen LogP) is 4.14. The average Bonchev–Trinajstić information content (AvgIpc) is 2.47. The van der Waals surface area contributed by atoms with Gasteiger partial charge in [0.15, 0.2) is 5.11 Å². The van der Waals surface area contributed by atoms with E-state index in [9.17, 15) is 9.67 Å². The molecule has 0 saturated carbocycles. The smallest absolute Gasteiger partial charge is 0.353 e. The summed E-state index contributed by atoms with van der Waals surface area (Å²) in [6, 6.07) is 7.26. The lowest BCUT2D eigenvalue weighted by Gasteiger charge is -2.22. The van der Waals surface area contributed by atoms with E-state index in [1.54, 1.807) is 19.1 Å². The fraction of sp³-hybridized carbons (Fsp3) is 0.500. The molecular formula is C14H23N2O3PS2. The molecule has 2 unspecified atom stereocenters. The van der Waals surface area contributed by atoms with Crippen LogP contribution in [-0.2, 0) is 15.7 Å². The Labute approximate surface area is 141 Å². The standard InChI is InChI=1S/C14H23N2O3PS2/c1-4-11(3)22-20(18,19-5-2)16-14(21)15-13-9-7-6-8-12(13)10-17/h6-9,11,17H,4-5,10H2,1-3H3,(H2,15,16,18,21). The maximum Gasteiger partial charge on any atom is 0.353 e. The first-order chi connectivity index (χ1) is 10.4. The van der Waals surface area contributed by atoms with Crippen LogP contribution in [0.15, 0.2) is 24.3 Å². The van der Waals surface area contributed by atoms with Gasteiger partial charge in [0.2, 0.25) is 0 Å². The number of thiocarbonyl (C=S) groups is 1. The van der Waals surface area contributed by atoms with Crippen molar-refractivity contribution in [1.82, 2.24) is 5.09 Å². The molecule has 0 radical (unpaired) electrons. The summed E-state index contributed by atoms with van der Waals surface area (Å²) in [7, 11) is 0. The number of aliphatic hydroxyl groups is 1. The highest BCUT2D eigenvalue weighted by Crippen LogP contribution is 2.58. The average molecular weight is 362 g/mol. The summed E-state index contributed by atoms with van der Waals surface area (Å²) in [5, 5.41) is 15.5. The molecule has 1 aromatic rings. The highest BCUT2D eigenvalue weighted by atomic mass is 32.7. The van der Waals surface area contributed by atoms with E-state index < -0.39 is 6.72 Å². The molecule has 0 bridgehead atoms. The van der Waals surface area contributed by atoms with Crippen molar-refractivity contribution in [3.63, 3.8) is 0 Å². The molecule has 0 fully saturated rings. The van der Waals surface area contributed by atoms with Gasteiger partial charge in [-0.25, -0.2) is 0 Å². The van der Waals surface area contributed by atoms with Gasteiger partial charge in [0.25, 0.3) is 0 Å². The lowest BCUT2D eigenvalue weighted by molar-refractivity contribution is 0.282. The number of hydrogen-bond acceptors (Lipinski definition) is 5. The van der Waals surface area contributed by atoms with Crippen molar-refractivity contribution in [2.45, 2.75) is 39.0 Å². The third kappa shape index (κ3) is 6.26. The SMILES string of the molecule is CCOP(=O)(NC(=S)Nc1ccccc1CO)SC(C)CC. The van der Waals surface area contributed by atoms with Crippen molar-refractivity contribution in [1.29, 1.82) is 0 Å². The number of aliphatic hydroxyl groups excluding tert-OH is 1. The number of anilines is 1. The van der Waals surface area contributed by atoms with Crippen LogP contribution in [0.3, 0.4) is 0 Å². The second-order valence-electron chi connectivity index (χ2n) is 4.62. The Bertz CT molecular complexity index is 543. The van der Waals surface area contributed by atoms with E-state index in [1.807, 2.05) is 26.0 Å². The molecule has 5 nitrogen and oxygen atoms in total. The lowest BCUT2D eigenvalue weighted by atomic mass is 10.2. The molecule has 0 aliphatic carbocycles. The maximum absolute atomic E-state index is 12.8. The first kappa shape index (κ1) is 19.5. The zero-order chi connectivity index (χ0) is 16.6. The summed E-state index contributed by atoms with van der Waals surface area (Å²) in [5.41, 5.74) is 1.39. The Morgan fingerprint density at radius 1 is 1.45 bits per heavy atom. The van der Waals surface area contributed by atoms with Crippen molar-refractivity contribution >= 4 is 41.1 Å². The number of hydrogen-bond donors (Lipinski definition) is 3. The minimum Gasteiger partial charge on any atom is -0.392 e. The van der Waals surface area contributed by atoms with Gasteiger partial charge < -0.3 is 14.9 Å². The van der Waals surface area contributed by atoms with Crippen molar-refractivity contribution in [3.8, 4) is 0 Å². The fourth-order valence-electron chi connectivity index (χ4n) is 1.63. The summed E-state index contributed by atoms with van der Waals surface area (Å²) in [4.78, 5) is 0. The third-order valence-electron chi connectivity index (χ3n) is 2.87. The molecule has 1 rings (SSSR count). The van der Waals surface area contributed by atoms with Gasteiger partial charge in [-0.1, -0.05) is 32.0 Å². The highest BCUT2D eigenvalue weighted by molar-refractivity contribution is 8.56. The van der Waals surface area contributed by atoms with Crippen LogP contribution in [0, 0.1) is 0 Å². The van der Waals surface area contributed by atoms with Crippen molar-refractivity contribution in [2.75, 3.05) is 11.9 Å². The summed E-state index contributed by atoms with van der Waals surface area (Å²) >= 11 is 6.49. The molecule has 0 heterocycles. The molecular weight excluding hydrogens is 339 g/mol. The van der Waals surface area contributed by atoms with Crippen LogP contribution < -0.4 is 10.4 Å². The predicted molar refractivity (Wildman–Crippen MR) is 98.3 cm³/mol. The van der Waals surface area contributed by atoms with Gasteiger partial charge in [0.1, 0.15) is 0 Å². The van der Waals surface area contributed by atoms with Gasteiger partial charge in [-0.2, -0.15) is 0 Å². The lowest BCUT2D eigenvalue weighted by Crippen LogP contribution is -2.26. The largest absolute Gasteiger partial charge is 0.392 e. The molecule has 3 N–H and O–H groups in total. The zero-order valence-electron chi connectivity index (χ0n) is 13.0. The van der Waals surface area contributed by atoms with E-state index in [4.69, 9.17) is 16.7 Å². The van der Waals surface area contributed by atoms with Gasteiger partial charge in [0.05, 0.1) is 13.2 Å². The first-order valence-electron chi connectivity index (χ1n) is 7.15. The molecule has 0 aliphatic rings. The van der Waals surface area contributed by atoms with E-state index in [2.05, 4.69) is 10.4 Å². The molecule has 22 heavy (non-hydrogen) atoms. The van der Waals surface area contributed by atoms with Crippen molar-refractivity contribution < 1.29 is 14.2 Å². The van der Waals surface area contributed by atoms with E-state index in [-0.39, 0.29) is 17.0 Å². The molecule has 0 saturated heterocycles. The minimum absolute atomic E-state index is 0.101. The molecule has 8 heteroatoms. The summed E-state index contributed by atoms with van der Waals surface area (Å²) in [5.74, 6) is 0. The fourth-order valence-corrected chi connectivity index (χ4v) is 6.51. The van der Waals surface area contributed by atoms with Gasteiger partial charge in [-0.3, -0.25) is 9.65 Å². The highest BCUT2D eigenvalue weighted by Gasteiger charge is 2.27. The Morgan fingerprint density at radius 3 is 2.73 bits per heavy atom. The summed E-state index contributed by atoms with van der Waals surface area (Å²) < 4.78 is 18.2. The van der Waals surface area contributed by atoms with E-state index >= 15 is 0 Å². The van der Waals surface area contributed by atoms with E-state index in [0.29, 0.717) is 17.9 Å². The van der Waals surface area contributed by atoms with Crippen molar-refractivity contribution in [2.24, 2.45) is 0 Å². The van der Waals surface area contributed by atoms with Crippen molar-refractivity contribution in [3.05, 3.63) is 29.8 Å². The molecule has 2 atom stereocenters. The van der Waals surface area contributed by atoms with Crippen LogP contribution >= 0.6 is 30.3 Å². The molecule has 0 aliphatic heterocycles. The van der Waals surface area contributed by atoms with Gasteiger partial charge in [0, 0.05) is 16.5 Å². The van der Waals surface area contributed by atoms with Gasteiger partial charge >= 0.3 is 6.72 Å². The van der Waals surface area contributed by atoms with Crippen LogP contribution in [0.1, 0.15) is 32.8 Å². The number of benzene rings is 1. The van der Waals surface area contributed by atoms with Crippen LogP contribution in [0.25, 0.3) is 0 Å². The normalized spacial score (nSPS) is 14.9. The Kier molecular flexibility index (Phi) is 8.43. The molecule has 0 aromatic heterocycles. The van der Waals surface area contributed by atoms with E-state index in [0.717, 1.165) is 6.42 Å². The molecule has 0 spiro atoms. The first-order valence-corrected chi connectivity index (χ1v) is 10.7. The topological polar surface area (TPSA) is 70.6 Å².